The Labute approximate surface area is 132 Å². The van der Waals surface area contributed by atoms with Gasteiger partial charge in [-0.25, -0.2) is 0 Å². The maximum atomic E-state index is 12.3. The highest BCUT2D eigenvalue weighted by Crippen LogP contribution is 2.30. The van der Waals surface area contributed by atoms with Crippen LogP contribution in [0.1, 0.15) is 43.2 Å². The van der Waals surface area contributed by atoms with Gasteiger partial charge in [0, 0.05) is 17.9 Å². The lowest BCUT2D eigenvalue weighted by atomic mass is 9.82. The molecule has 1 saturated carbocycles. The van der Waals surface area contributed by atoms with E-state index in [1.54, 1.807) is 0 Å². The molecule has 1 unspecified atom stereocenters. The van der Waals surface area contributed by atoms with Crippen molar-refractivity contribution in [3.8, 4) is 0 Å². The Morgan fingerprint density at radius 3 is 1.86 bits per heavy atom. The Balaban J connectivity index is 1.83. The molecule has 3 rings (SSSR count). The van der Waals surface area contributed by atoms with Crippen LogP contribution in [0, 0.1) is 5.92 Å². The van der Waals surface area contributed by atoms with Gasteiger partial charge in [-0.15, -0.1) is 0 Å². The van der Waals surface area contributed by atoms with Crippen molar-refractivity contribution in [3.05, 3.63) is 71.8 Å². The predicted octanol–water partition coefficient (Wildman–Crippen LogP) is 4.12. The second-order valence-electron chi connectivity index (χ2n) is 6.22. The van der Waals surface area contributed by atoms with Gasteiger partial charge in [0.25, 0.3) is 0 Å². The molecule has 1 atom stereocenters. The molecule has 0 saturated heterocycles. The van der Waals surface area contributed by atoms with Crippen LogP contribution in [0.4, 0.5) is 0 Å². The Bertz CT molecular complexity index is 565. The lowest BCUT2D eigenvalue weighted by molar-refractivity contribution is -0.128. The molecule has 0 bridgehead atoms. The lowest BCUT2D eigenvalue weighted by Gasteiger charge is -2.30. The van der Waals surface area contributed by atoms with Gasteiger partial charge in [0.2, 0.25) is 5.91 Å². The Kier molecular flexibility index (Phi) is 4.57. The molecule has 1 N–H and O–H groups in total. The van der Waals surface area contributed by atoms with E-state index >= 15 is 0 Å². The Hall–Kier alpha value is -2.09. The average Bonchev–Trinajstić information content (AvgIpc) is 2.47. The second-order valence-corrected chi connectivity index (χ2v) is 6.22. The highest BCUT2D eigenvalue weighted by molar-refractivity contribution is 5.79. The molecule has 114 valence electrons. The van der Waals surface area contributed by atoms with Crippen LogP contribution in [0.2, 0.25) is 0 Å². The lowest BCUT2D eigenvalue weighted by Crippen LogP contribution is -2.42. The molecule has 0 radical (unpaired) electrons. The summed E-state index contributed by atoms with van der Waals surface area (Å²) in [6, 6.07) is 21.0. The topological polar surface area (TPSA) is 29.1 Å². The molecule has 2 aromatic carbocycles. The van der Waals surface area contributed by atoms with Crippen LogP contribution in [0.25, 0.3) is 0 Å². The summed E-state index contributed by atoms with van der Waals surface area (Å²) in [5.74, 6) is 0.636. The number of amides is 1. The quantitative estimate of drug-likeness (QED) is 0.882. The summed E-state index contributed by atoms with van der Waals surface area (Å²) >= 11 is 0. The molecule has 0 aromatic heterocycles. The van der Waals surface area contributed by atoms with E-state index in [9.17, 15) is 4.79 Å². The molecule has 2 heteroatoms. The number of rotatable bonds is 5. The molecule has 1 aliphatic carbocycles. The van der Waals surface area contributed by atoms with E-state index in [2.05, 4.69) is 60.8 Å². The fourth-order valence-electron chi connectivity index (χ4n) is 3.19. The first kappa shape index (κ1) is 14.8. The summed E-state index contributed by atoms with van der Waals surface area (Å²) in [7, 11) is 0. The van der Waals surface area contributed by atoms with E-state index in [1.165, 1.54) is 17.5 Å². The first-order valence-electron chi connectivity index (χ1n) is 8.16. The van der Waals surface area contributed by atoms with Crippen molar-refractivity contribution in [1.82, 2.24) is 5.32 Å². The van der Waals surface area contributed by atoms with Crippen LogP contribution in [0.3, 0.4) is 0 Å². The van der Waals surface area contributed by atoms with E-state index in [4.69, 9.17) is 0 Å². The number of hydrogen-bond donors (Lipinski definition) is 1. The van der Waals surface area contributed by atoms with Crippen molar-refractivity contribution in [2.24, 2.45) is 5.92 Å². The van der Waals surface area contributed by atoms with Crippen LogP contribution in [-0.2, 0) is 4.79 Å². The zero-order chi connectivity index (χ0) is 15.4. The zero-order valence-electron chi connectivity index (χ0n) is 13.0. The van der Waals surface area contributed by atoms with Gasteiger partial charge in [-0.1, -0.05) is 67.1 Å². The molecular weight excluding hydrogens is 270 g/mol. The van der Waals surface area contributed by atoms with Gasteiger partial charge >= 0.3 is 0 Å². The Morgan fingerprint density at radius 1 is 0.955 bits per heavy atom. The highest BCUT2D eigenvalue weighted by atomic mass is 16.2. The van der Waals surface area contributed by atoms with E-state index < -0.39 is 0 Å². The minimum atomic E-state index is 0.0814. The molecule has 22 heavy (non-hydrogen) atoms. The summed E-state index contributed by atoms with van der Waals surface area (Å²) < 4.78 is 0. The maximum absolute atomic E-state index is 12.3. The van der Waals surface area contributed by atoms with Crippen molar-refractivity contribution < 1.29 is 4.79 Å². The van der Waals surface area contributed by atoms with E-state index in [0.29, 0.717) is 0 Å². The predicted molar refractivity (Wildman–Crippen MR) is 89.7 cm³/mol. The largest absolute Gasteiger partial charge is 0.352 e. The molecule has 1 amide bonds. The van der Waals surface area contributed by atoms with Gasteiger partial charge in [-0.05, 0) is 30.9 Å². The van der Waals surface area contributed by atoms with Crippen molar-refractivity contribution in [2.45, 2.75) is 38.1 Å². The van der Waals surface area contributed by atoms with Gasteiger partial charge in [-0.2, -0.15) is 0 Å². The zero-order valence-corrected chi connectivity index (χ0v) is 13.0. The van der Waals surface area contributed by atoms with Gasteiger partial charge in [-0.3, -0.25) is 4.79 Å². The summed E-state index contributed by atoms with van der Waals surface area (Å²) in [6.07, 6.45) is 3.27. The third kappa shape index (κ3) is 3.22. The Morgan fingerprint density at radius 2 is 1.45 bits per heavy atom. The SMILES string of the molecule is CC(NC(=O)C1CCC1)C(c1ccccc1)c1ccccc1. The molecule has 0 heterocycles. The average molecular weight is 293 g/mol. The molecule has 1 fully saturated rings. The molecular formula is C20H23NO. The molecule has 2 nitrogen and oxygen atoms in total. The van der Waals surface area contributed by atoms with Gasteiger partial charge < -0.3 is 5.32 Å². The van der Waals surface area contributed by atoms with Gasteiger partial charge in [0.1, 0.15) is 0 Å². The van der Waals surface area contributed by atoms with Crippen molar-refractivity contribution in [3.63, 3.8) is 0 Å². The standard InChI is InChI=1S/C20H23NO/c1-15(21-20(22)18-13-8-14-18)19(16-9-4-2-5-10-16)17-11-6-3-7-12-17/h2-7,9-12,15,18-19H,8,13-14H2,1H3,(H,21,22). The monoisotopic (exact) mass is 293 g/mol. The highest BCUT2D eigenvalue weighted by Gasteiger charge is 2.29. The number of carbonyl (C=O) groups excluding carboxylic acids is 1. The van der Waals surface area contributed by atoms with Crippen molar-refractivity contribution >= 4 is 5.91 Å². The third-order valence-electron chi connectivity index (χ3n) is 4.66. The van der Waals surface area contributed by atoms with Crippen LogP contribution in [0.15, 0.2) is 60.7 Å². The summed E-state index contributed by atoms with van der Waals surface area (Å²) in [6.45, 7) is 2.11. The number of hydrogen-bond acceptors (Lipinski definition) is 1. The van der Waals surface area contributed by atoms with Crippen LogP contribution < -0.4 is 5.32 Å². The number of benzene rings is 2. The molecule has 0 aliphatic heterocycles. The van der Waals surface area contributed by atoms with E-state index in [0.717, 1.165) is 12.8 Å². The third-order valence-corrected chi connectivity index (χ3v) is 4.66. The first-order chi connectivity index (χ1) is 10.8. The van der Waals surface area contributed by atoms with Crippen molar-refractivity contribution in [1.29, 1.82) is 0 Å². The minimum Gasteiger partial charge on any atom is -0.352 e. The summed E-state index contributed by atoms with van der Waals surface area (Å²) in [4.78, 5) is 12.3. The van der Waals surface area contributed by atoms with E-state index in [-0.39, 0.29) is 23.8 Å². The van der Waals surface area contributed by atoms with E-state index in [1.807, 2.05) is 12.1 Å². The normalized spacial score (nSPS) is 16.1. The molecule has 0 spiro atoms. The maximum Gasteiger partial charge on any atom is 0.223 e. The summed E-state index contributed by atoms with van der Waals surface area (Å²) in [5, 5.41) is 3.24. The van der Waals surface area contributed by atoms with Crippen LogP contribution in [-0.4, -0.2) is 11.9 Å². The minimum absolute atomic E-state index is 0.0814. The first-order valence-corrected chi connectivity index (χ1v) is 8.16. The van der Waals surface area contributed by atoms with Crippen LogP contribution in [0.5, 0.6) is 0 Å². The number of carbonyl (C=O) groups is 1. The second kappa shape index (κ2) is 6.78. The van der Waals surface area contributed by atoms with Crippen molar-refractivity contribution in [2.75, 3.05) is 0 Å². The smallest absolute Gasteiger partial charge is 0.223 e. The summed E-state index contributed by atoms with van der Waals surface area (Å²) in [5.41, 5.74) is 2.49. The van der Waals surface area contributed by atoms with Gasteiger partial charge in [0.05, 0.1) is 0 Å². The molecule has 1 aliphatic rings. The fraction of sp³-hybridized carbons (Fsp3) is 0.350. The molecule has 2 aromatic rings. The fourth-order valence-corrected chi connectivity index (χ4v) is 3.19. The van der Waals surface area contributed by atoms with Gasteiger partial charge in [0.15, 0.2) is 0 Å². The van der Waals surface area contributed by atoms with Crippen LogP contribution >= 0.6 is 0 Å². The number of nitrogens with one attached hydrogen (secondary N) is 1.